The maximum absolute atomic E-state index is 12.5. The van der Waals surface area contributed by atoms with Gasteiger partial charge in [0.15, 0.2) is 0 Å². The van der Waals surface area contributed by atoms with Gasteiger partial charge in [-0.2, -0.15) is 0 Å². The van der Waals surface area contributed by atoms with Crippen molar-refractivity contribution in [2.24, 2.45) is 18.5 Å². The number of aryl methyl sites for hydroxylation is 1. The maximum atomic E-state index is 12.5. The highest BCUT2D eigenvalue weighted by Gasteiger charge is 2.26. The fourth-order valence-electron chi connectivity index (χ4n) is 2.27. The Labute approximate surface area is 146 Å². The van der Waals surface area contributed by atoms with Crippen LogP contribution in [0.1, 0.15) is 25.0 Å². The molecule has 0 aliphatic carbocycles. The molecular formula is C15H26N6O4. The Balaban J connectivity index is 2.78. The monoisotopic (exact) mass is 354 g/mol. The van der Waals surface area contributed by atoms with Gasteiger partial charge in [-0.1, -0.05) is 0 Å². The molecule has 0 bridgehead atoms. The van der Waals surface area contributed by atoms with Gasteiger partial charge < -0.3 is 31.8 Å². The molecule has 10 heteroatoms. The average molecular weight is 354 g/mol. The molecular weight excluding hydrogens is 328 g/mol. The van der Waals surface area contributed by atoms with Crippen LogP contribution >= 0.6 is 0 Å². The minimum atomic E-state index is -1.13. The number of carboxylic acids is 1. The van der Waals surface area contributed by atoms with Gasteiger partial charge in [0, 0.05) is 19.7 Å². The molecule has 10 nitrogen and oxygen atoms in total. The number of nitrogens with one attached hydrogen (secondary N) is 2. The van der Waals surface area contributed by atoms with E-state index >= 15 is 0 Å². The van der Waals surface area contributed by atoms with Gasteiger partial charge in [-0.15, -0.1) is 0 Å². The molecule has 0 fully saturated rings. The van der Waals surface area contributed by atoms with Crippen molar-refractivity contribution in [1.82, 2.24) is 20.2 Å². The zero-order chi connectivity index (χ0) is 18.8. The van der Waals surface area contributed by atoms with Crippen LogP contribution in [0.4, 0.5) is 0 Å². The summed E-state index contributed by atoms with van der Waals surface area (Å²) >= 11 is 0. The van der Waals surface area contributed by atoms with Crippen molar-refractivity contribution in [2.45, 2.75) is 37.8 Å². The van der Waals surface area contributed by atoms with Gasteiger partial charge in [0.25, 0.3) is 0 Å². The smallest absolute Gasteiger partial charge is 0.326 e. The molecule has 1 heterocycles. The molecule has 0 aromatic carbocycles. The molecule has 2 amide bonds. The van der Waals surface area contributed by atoms with E-state index in [1.807, 2.05) is 0 Å². The van der Waals surface area contributed by atoms with Crippen LogP contribution in [0.15, 0.2) is 12.5 Å². The Morgan fingerprint density at radius 1 is 1.24 bits per heavy atom. The number of nitrogens with zero attached hydrogens (tertiary/aromatic N) is 2. The van der Waals surface area contributed by atoms with Crippen molar-refractivity contribution >= 4 is 17.8 Å². The standard InChI is InChI=1S/C15H26N6O4/c1-21-8-10(18-9-21)6-12(19-13(22)7-17)14(23)20-11(15(24)25)4-2-3-5-16/h8-9,11-12H,2-7,16-17H2,1H3,(H,19,22)(H,20,23)(H,24,25)/t11-,12-/m0/s1. The summed E-state index contributed by atoms with van der Waals surface area (Å²) in [6.07, 6.45) is 4.93. The molecule has 1 aromatic rings. The third kappa shape index (κ3) is 7.31. The van der Waals surface area contributed by atoms with Crippen LogP contribution in [0, 0.1) is 0 Å². The number of amides is 2. The Morgan fingerprint density at radius 3 is 2.48 bits per heavy atom. The van der Waals surface area contributed by atoms with E-state index in [1.54, 1.807) is 24.1 Å². The fraction of sp³-hybridized carbons (Fsp3) is 0.600. The van der Waals surface area contributed by atoms with Crippen LogP contribution in [0.2, 0.25) is 0 Å². The lowest BCUT2D eigenvalue weighted by molar-refractivity contribution is -0.142. The van der Waals surface area contributed by atoms with E-state index in [0.29, 0.717) is 25.1 Å². The molecule has 0 saturated carbocycles. The van der Waals surface area contributed by atoms with E-state index in [1.165, 1.54) is 0 Å². The highest BCUT2D eigenvalue weighted by molar-refractivity contribution is 5.90. The molecule has 0 aliphatic heterocycles. The first-order valence-electron chi connectivity index (χ1n) is 8.06. The normalized spacial score (nSPS) is 13.1. The molecule has 140 valence electrons. The van der Waals surface area contributed by atoms with Crippen molar-refractivity contribution in [1.29, 1.82) is 0 Å². The summed E-state index contributed by atoms with van der Waals surface area (Å²) in [5, 5.41) is 14.2. The van der Waals surface area contributed by atoms with Crippen LogP contribution in [0.3, 0.4) is 0 Å². The second-order valence-corrected chi connectivity index (χ2v) is 5.74. The van der Waals surface area contributed by atoms with Crippen LogP contribution in [-0.4, -0.2) is 57.6 Å². The molecule has 1 aromatic heterocycles. The summed E-state index contributed by atoms with van der Waals surface area (Å²) in [5.74, 6) is -2.23. The molecule has 0 spiro atoms. The topological polar surface area (TPSA) is 165 Å². The van der Waals surface area contributed by atoms with E-state index in [2.05, 4.69) is 15.6 Å². The SMILES string of the molecule is Cn1cnc(C[C@H](NC(=O)CN)C(=O)N[C@@H](CCCCN)C(=O)O)c1. The number of carbonyl (C=O) groups is 3. The molecule has 7 N–H and O–H groups in total. The summed E-state index contributed by atoms with van der Waals surface area (Å²) in [6.45, 7) is 0.181. The predicted octanol–water partition coefficient (Wildman–Crippen LogP) is -1.90. The first-order chi connectivity index (χ1) is 11.9. The summed E-state index contributed by atoms with van der Waals surface area (Å²) in [6, 6.07) is -2.00. The van der Waals surface area contributed by atoms with Crippen molar-refractivity contribution in [3.05, 3.63) is 18.2 Å². The Kier molecular flexibility index (Phi) is 8.57. The molecule has 0 radical (unpaired) electrons. The quantitative estimate of drug-likeness (QED) is 0.290. The molecule has 0 aliphatic rings. The summed E-state index contributed by atoms with van der Waals surface area (Å²) in [4.78, 5) is 39.5. The fourth-order valence-corrected chi connectivity index (χ4v) is 2.27. The van der Waals surface area contributed by atoms with Gasteiger partial charge in [0.1, 0.15) is 12.1 Å². The minimum absolute atomic E-state index is 0.132. The largest absolute Gasteiger partial charge is 0.480 e. The van der Waals surface area contributed by atoms with E-state index in [4.69, 9.17) is 11.5 Å². The summed E-state index contributed by atoms with van der Waals surface area (Å²) in [7, 11) is 1.78. The minimum Gasteiger partial charge on any atom is -0.480 e. The molecule has 0 unspecified atom stereocenters. The number of carboxylic acid groups (broad SMARTS) is 1. The van der Waals surface area contributed by atoms with Gasteiger partial charge in [-0.25, -0.2) is 9.78 Å². The van der Waals surface area contributed by atoms with Gasteiger partial charge in [-0.3, -0.25) is 9.59 Å². The van der Waals surface area contributed by atoms with E-state index in [-0.39, 0.29) is 19.4 Å². The van der Waals surface area contributed by atoms with Crippen LogP contribution in [0.5, 0.6) is 0 Å². The van der Waals surface area contributed by atoms with Crippen molar-refractivity contribution < 1.29 is 19.5 Å². The number of nitrogens with two attached hydrogens (primary N) is 2. The first-order valence-corrected chi connectivity index (χ1v) is 8.06. The third-order valence-electron chi connectivity index (χ3n) is 3.57. The number of imidazole rings is 1. The van der Waals surface area contributed by atoms with Crippen molar-refractivity contribution in [3.8, 4) is 0 Å². The lowest BCUT2D eigenvalue weighted by atomic mass is 10.1. The van der Waals surface area contributed by atoms with Crippen LogP contribution < -0.4 is 22.1 Å². The average Bonchev–Trinajstić information content (AvgIpc) is 2.98. The summed E-state index contributed by atoms with van der Waals surface area (Å²) < 4.78 is 1.71. The number of aromatic nitrogens is 2. The second-order valence-electron chi connectivity index (χ2n) is 5.74. The van der Waals surface area contributed by atoms with E-state index < -0.39 is 29.9 Å². The highest BCUT2D eigenvalue weighted by Crippen LogP contribution is 2.04. The van der Waals surface area contributed by atoms with Gasteiger partial charge in [0.2, 0.25) is 11.8 Å². The van der Waals surface area contributed by atoms with Gasteiger partial charge in [-0.05, 0) is 25.8 Å². The Hall–Kier alpha value is -2.46. The zero-order valence-corrected chi connectivity index (χ0v) is 14.3. The number of hydrogen-bond donors (Lipinski definition) is 5. The van der Waals surface area contributed by atoms with E-state index in [0.717, 1.165) is 0 Å². The molecule has 25 heavy (non-hydrogen) atoms. The zero-order valence-electron chi connectivity index (χ0n) is 14.3. The second kappa shape index (κ2) is 10.4. The van der Waals surface area contributed by atoms with Crippen LogP contribution in [-0.2, 0) is 27.9 Å². The van der Waals surface area contributed by atoms with Crippen LogP contribution in [0.25, 0.3) is 0 Å². The highest BCUT2D eigenvalue weighted by atomic mass is 16.4. The maximum Gasteiger partial charge on any atom is 0.326 e. The van der Waals surface area contributed by atoms with Gasteiger partial charge in [0.05, 0.1) is 18.6 Å². The lowest BCUT2D eigenvalue weighted by Crippen LogP contribution is -2.53. The third-order valence-corrected chi connectivity index (χ3v) is 3.57. The number of aliphatic carboxylic acids is 1. The molecule has 1 rings (SSSR count). The van der Waals surface area contributed by atoms with Crippen molar-refractivity contribution in [2.75, 3.05) is 13.1 Å². The number of hydrogen-bond acceptors (Lipinski definition) is 6. The van der Waals surface area contributed by atoms with Crippen molar-refractivity contribution in [3.63, 3.8) is 0 Å². The first kappa shape index (κ1) is 20.6. The number of rotatable bonds is 11. The number of carbonyl (C=O) groups excluding carboxylic acids is 2. The number of unbranched alkanes of at least 4 members (excludes halogenated alkanes) is 1. The molecule has 2 atom stereocenters. The summed E-state index contributed by atoms with van der Waals surface area (Å²) in [5.41, 5.74) is 11.3. The lowest BCUT2D eigenvalue weighted by Gasteiger charge is -2.21. The van der Waals surface area contributed by atoms with Gasteiger partial charge >= 0.3 is 5.97 Å². The Morgan fingerprint density at radius 2 is 1.96 bits per heavy atom. The predicted molar refractivity (Wildman–Crippen MR) is 90.4 cm³/mol. The molecule has 0 saturated heterocycles. The Bertz CT molecular complexity index is 588. The van der Waals surface area contributed by atoms with E-state index in [9.17, 15) is 19.5 Å².